The zero-order chi connectivity index (χ0) is 15.4. The average Bonchev–Trinajstić information content (AvgIpc) is 2.48. The quantitative estimate of drug-likeness (QED) is 0.832. The number of amides is 1. The highest BCUT2D eigenvalue weighted by molar-refractivity contribution is 6.40. The molecule has 0 saturated carbocycles. The van der Waals surface area contributed by atoms with Gasteiger partial charge in [-0.1, -0.05) is 29.3 Å². The first-order valence-electron chi connectivity index (χ1n) is 6.62. The van der Waals surface area contributed by atoms with Gasteiger partial charge in [0.1, 0.15) is 0 Å². The Morgan fingerprint density at radius 1 is 1.10 bits per heavy atom. The van der Waals surface area contributed by atoms with Crippen LogP contribution in [0.25, 0.3) is 0 Å². The second kappa shape index (κ2) is 6.83. The van der Waals surface area contributed by atoms with Gasteiger partial charge in [0.2, 0.25) is 0 Å². The van der Waals surface area contributed by atoms with E-state index in [0.29, 0.717) is 21.3 Å². The first-order chi connectivity index (χ1) is 10.0. The lowest BCUT2D eigenvalue weighted by Crippen LogP contribution is -2.13. The zero-order valence-electron chi connectivity index (χ0n) is 11.8. The number of benzene rings is 2. The van der Waals surface area contributed by atoms with Crippen molar-refractivity contribution in [3.63, 3.8) is 0 Å². The molecular weight excluding hydrogens is 307 g/mol. The first-order valence-corrected chi connectivity index (χ1v) is 7.38. The third-order valence-corrected chi connectivity index (χ3v) is 3.85. The number of carbonyl (C=O) groups excluding carboxylic acids is 1. The predicted octanol–water partition coefficient (Wildman–Crippen LogP) is 4.99. The van der Waals surface area contributed by atoms with Gasteiger partial charge in [0.25, 0.3) is 5.91 Å². The topological polar surface area (TPSA) is 41.1 Å². The summed E-state index contributed by atoms with van der Waals surface area (Å²) in [6, 6.07) is 10.8. The maximum Gasteiger partial charge on any atom is 0.255 e. The number of hydrogen-bond acceptors (Lipinski definition) is 2. The molecule has 0 fully saturated rings. The largest absolute Gasteiger partial charge is 0.385 e. The normalized spacial score (nSPS) is 10.3. The number of nitrogens with one attached hydrogen (secondary N) is 2. The van der Waals surface area contributed by atoms with Crippen LogP contribution >= 0.6 is 23.2 Å². The fourth-order valence-electron chi connectivity index (χ4n) is 1.90. The van der Waals surface area contributed by atoms with E-state index in [4.69, 9.17) is 23.2 Å². The molecule has 0 aliphatic carbocycles. The average molecular weight is 323 g/mol. The van der Waals surface area contributed by atoms with Gasteiger partial charge in [-0.05, 0) is 49.7 Å². The second-order valence-electron chi connectivity index (χ2n) is 4.62. The molecule has 0 atom stereocenters. The van der Waals surface area contributed by atoms with Crippen LogP contribution in [0.1, 0.15) is 22.8 Å². The number of aryl methyl sites for hydroxylation is 1. The zero-order valence-corrected chi connectivity index (χ0v) is 13.3. The Bertz CT molecular complexity index is 654. The summed E-state index contributed by atoms with van der Waals surface area (Å²) in [5.74, 6) is -0.243. The molecule has 0 saturated heterocycles. The van der Waals surface area contributed by atoms with Crippen LogP contribution in [0.4, 0.5) is 11.4 Å². The van der Waals surface area contributed by atoms with Gasteiger partial charge in [-0.3, -0.25) is 4.79 Å². The minimum atomic E-state index is -0.243. The molecule has 5 heteroatoms. The van der Waals surface area contributed by atoms with Gasteiger partial charge in [0.15, 0.2) is 0 Å². The SMILES string of the molecule is CCNc1ccc(C(=O)Nc2c(Cl)ccc(C)c2Cl)cc1. The summed E-state index contributed by atoms with van der Waals surface area (Å²) in [4.78, 5) is 12.3. The van der Waals surface area contributed by atoms with E-state index in [-0.39, 0.29) is 5.91 Å². The fraction of sp³-hybridized carbons (Fsp3) is 0.188. The minimum absolute atomic E-state index is 0.243. The van der Waals surface area contributed by atoms with Crippen molar-refractivity contribution in [2.45, 2.75) is 13.8 Å². The maximum atomic E-state index is 12.3. The van der Waals surface area contributed by atoms with Crippen LogP contribution in [-0.4, -0.2) is 12.5 Å². The summed E-state index contributed by atoms with van der Waals surface area (Å²) in [5, 5.41) is 6.82. The Morgan fingerprint density at radius 2 is 1.76 bits per heavy atom. The van der Waals surface area contributed by atoms with E-state index in [1.54, 1.807) is 18.2 Å². The Kier molecular flexibility index (Phi) is 5.10. The molecule has 0 heterocycles. The van der Waals surface area contributed by atoms with Crippen LogP contribution in [-0.2, 0) is 0 Å². The first kappa shape index (κ1) is 15.7. The minimum Gasteiger partial charge on any atom is -0.385 e. The third-order valence-electron chi connectivity index (χ3n) is 3.05. The summed E-state index contributed by atoms with van der Waals surface area (Å²) >= 11 is 12.3. The van der Waals surface area contributed by atoms with E-state index < -0.39 is 0 Å². The highest BCUT2D eigenvalue weighted by atomic mass is 35.5. The van der Waals surface area contributed by atoms with Crippen LogP contribution in [0, 0.1) is 6.92 Å². The van der Waals surface area contributed by atoms with E-state index in [1.807, 2.05) is 32.0 Å². The van der Waals surface area contributed by atoms with Crippen LogP contribution in [0.5, 0.6) is 0 Å². The summed E-state index contributed by atoms with van der Waals surface area (Å²) in [7, 11) is 0. The lowest BCUT2D eigenvalue weighted by atomic mass is 10.1. The molecule has 0 bridgehead atoms. The summed E-state index contributed by atoms with van der Waals surface area (Å²) in [5.41, 5.74) is 2.82. The smallest absolute Gasteiger partial charge is 0.255 e. The number of carbonyl (C=O) groups is 1. The molecule has 2 aromatic carbocycles. The molecule has 2 N–H and O–H groups in total. The maximum absolute atomic E-state index is 12.3. The monoisotopic (exact) mass is 322 g/mol. The lowest BCUT2D eigenvalue weighted by molar-refractivity contribution is 0.102. The molecule has 0 radical (unpaired) electrons. The molecule has 2 aromatic rings. The molecular formula is C16H16Cl2N2O. The van der Waals surface area contributed by atoms with Crippen LogP contribution in [0.15, 0.2) is 36.4 Å². The van der Waals surface area contributed by atoms with E-state index in [0.717, 1.165) is 17.8 Å². The van der Waals surface area contributed by atoms with Crippen LogP contribution in [0.2, 0.25) is 10.0 Å². The van der Waals surface area contributed by atoms with Crippen LogP contribution in [0.3, 0.4) is 0 Å². The molecule has 0 aromatic heterocycles. The van der Waals surface area contributed by atoms with Gasteiger partial charge < -0.3 is 10.6 Å². The van der Waals surface area contributed by atoms with E-state index in [1.165, 1.54) is 0 Å². The van der Waals surface area contributed by atoms with Gasteiger partial charge in [0.05, 0.1) is 15.7 Å². The van der Waals surface area contributed by atoms with Crippen molar-refractivity contribution in [3.8, 4) is 0 Å². The summed E-state index contributed by atoms with van der Waals surface area (Å²) in [6.07, 6.45) is 0. The molecule has 1 amide bonds. The summed E-state index contributed by atoms with van der Waals surface area (Å²) in [6.45, 7) is 4.71. The Labute approximate surface area is 134 Å². The van der Waals surface area contributed by atoms with Gasteiger partial charge >= 0.3 is 0 Å². The standard InChI is InChI=1S/C16H16Cl2N2O/c1-3-19-12-7-5-11(6-8-12)16(21)20-15-13(17)9-4-10(2)14(15)18/h4-9,19H,3H2,1-2H3,(H,20,21). The van der Waals surface area contributed by atoms with Gasteiger partial charge in [-0.25, -0.2) is 0 Å². The Morgan fingerprint density at radius 3 is 2.38 bits per heavy atom. The molecule has 0 unspecified atom stereocenters. The molecule has 2 rings (SSSR count). The van der Waals surface area contributed by atoms with E-state index in [2.05, 4.69) is 10.6 Å². The Hall–Kier alpha value is -1.71. The van der Waals surface area contributed by atoms with Crippen molar-refractivity contribution in [2.24, 2.45) is 0 Å². The number of hydrogen-bond donors (Lipinski definition) is 2. The van der Waals surface area contributed by atoms with Gasteiger partial charge in [-0.15, -0.1) is 0 Å². The van der Waals surface area contributed by atoms with Crippen molar-refractivity contribution < 1.29 is 4.79 Å². The van der Waals surface area contributed by atoms with Crippen molar-refractivity contribution >= 4 is 40.5 Å². The van der Waals surface area contributed by atoms with Crippen molar-refractivity contribution in [3.05, 3.63) is 57.6 Å². The molecule has 0 spiro atoms. The second-order valence-corrected chi connectivity index (χ2v) is 5.40. The molecule has 110 valence electrons. The third kappa shape index (κ3) is 3.69. The fourth-order valence-corrected chi connectivity index (χ4v) is 2.37. The number of anilines is 2. The van der Waals surface area contributed by atoms with Gasteiger partial charge in [-0.2, -0.15) is 0 Å². The highest BCUT2D eigenvalue weighted by Crippen LogP contribution is 2.33. The van der Waals surface area contributed by atoms with Crippen molar-refractivity contribution in [2.75, 3.05) is 17.2 Å². The molecule has 0 aliphatic rings. The van der Waals surface area contributed by atoms with E-state index in [9.17, 15) is 4.79 Å². The number of halogens is 2. The van der Waals surface area contributed by atoms with E-state index >= 15 is 0 Å². The number of rotatable bonds is 4. The van der Waals surface area contributed by atoms with Crippen molar-refractivity contribution in [1.82, 2.24) is 0 Å². The molecule has 21 heavy (non-hydrogen) atoms. The highest BCUT2D eigenvalue weighted by Gasteiger charge is 2.13. The molecule has 3 nitrogen and oxygen atoms in total. The Balaban J connectivity index is 2.20. The van der Waals surface area contributed by atoms with Gasteiger partial charge in [0, 0.05) is 17.8 Å². The summed E-state index contributed by atoms with van der Waals surface area (Å²) < 4.78 is 0. The predicted molar refractivity (Wildman–Crippen MR) is 89.8 cm³/mol. The van der Waals surface area contributed by atoms with Crippen LogP contribution < -0.4 is 10.6 Å². The molecule has 0 aliphatic heterocycles. The lowest BCUT2D eigenvalue weighted by Gasteiger charge is -2.11. The van der Waals surface area contributed by atoms with Crippen molar-refractivity contribution in [1.29, 1.82) is 0 Å².